The number of para-hydroxylation sites is 2. The summed E-state index contributed by atoms with van der Waals surface area (Å²) in [5.41, 5.74) is 2.72. The van der Waals surface area contributed by atoms with E-state index in [0.29, 0.717) is 0 Å². The summed E-state index contributed by atoms with van der Waals surface area (Å²) in [7, 11) is 0. The molecular weight excluding hydrogens is 376 g/mol. The molecule has 158 valence electrons. The quantitative estimate of drug-likeness (QED) is 0.532. The third kappa shape index (κ3) is 5.26. The first-order chi connectivity index (χ1) is 14.3. The molecule has 6 heteroatoms. The van der Waals surface area contributed by atoms with Crippen molar-refractivity contribution < 1.29 is 9.59 Å². The molecule has 0 aliphatic heterocycles. The minimum absolute atomic E-state index is 0.0480. The number of aromatic nitrogens is 2. The van der Waals surface area contributed by atoms with Crippen LogP contribution in [0.4, 0.5) is 0 Å². The Morgan fingerprint density at radius 3 is 2.20 bits per heavy atom. The van der Waals surface area contributed by atoms with Gasteiger partial charge in [-0.2, -0.15) is 0 Å². The highest BCUT2D eigenvalue weighted by atomic mass is 16.2. The zero-order valence-corrected chi connectivity index (χ0v) is 18.0. The molecule has 0 saturated heterocycles. The van der Waals surface area contributed by atoms with Gasteiger partial charge in [-0.05, 0) is 29.5 Å². The predicted octanol–water partition coefficient (Wildman–Crippen LogP) is 3.76. The van der Waals surface area contributed by atoms with Gasteiger partial charge in [0.25, 0.3) is 0 Å². The van der Waals surface area contributed by atoms with Crippen molar-refractivity contribution in [2.75, 3.05) is 0 Å². The molecule has 0 radical (unpaired) electrons. The second-order valence-electron chi connectivity index (χ2n) is 8.32. The number of imidazole rings is 1. The van der Waals surface area contributed by atoms with Crippen molar-refractivity contribution >= 4 is 22.8 Å². The van der Waals surface area contributed by atoms with Crippen molar-refractivity contribution in [3.05, 3.63) is 66.0 Å². The Balaban J connectivity index is 1.72. The van der Waals surface area contributed by atoms with E-state index in [4.69, 9.17) is 0 Å². The second kappa shape index (κ2) is 9.57. The molecule has 0 aliphatic rings. The van der Waals surface area contributed by atoms with E-state index in [1.54, 1.807) is 0 Å². The van der Waals surface area contributed by atoms with Gasteiger partial charge in [0.1, 0.15) is 11.9 Å². The van der Waals surface area contributed by atoms with E-state index in [-0.39, 0.29) is 36.1 Å². The zero-order valence-electron chi connectivity index (χ0n) is 18.0. The molecule has 1 aromatic heterocycles. The average molecular weight is 407 g/mol. The maximum Gasteiger partial charge on any atom is 0.243 e. The number of rotatable bonds is 8. The summed E-state index contributed by atoms with van der Waals surface area (Å²) < 4.78 is 0. The van der Waals surface area contributed by atoms with Gasteiger partial charge in [-0.15, -0.1) is 0 Å². The number of carbonyl (C=O) groups is 2. The van der Waals surface area contributed by atoms with E-state index in [1.165, 1.54) is 0 Å². The number of nitrogens with one attached hydrogen (secondary N) is 3. The molecule has 1 heterocycles. The molecule has 30 heavy (non-hydrogen) atoms. The topological polar surface area (TPSA) is 86.9 Å². The van der Waals surface area contributed by atoms with Crippen LogP contribution in [-0.4, -0.2) is 27.8 Å². The van der Waals surface area contributed by atoms with Crippen LogP contribution in [0.1, 0.15) is 45.1 Å². The van der Waals surface area contributed by atoms with Crippen molar-refractivity contribution in [1.29, 1.82) is 0 Å². The molecule has 6 nitrogen and oxygen atoms in total. The number of hydrogen-bond acceptors (Lipinski definition) is 3. The van der Waals surface area contributed by atoms with E-state index in [2.05, 4.69) is 20.6 Å². The van der Waals surface area contributed by atoms with Crippen LogP contribution in [-0.2, 0) is 16.0 Å². The molecule has 3 N–H and O–H groups in total. The minimum atomic E-state index is -0.619. The first kappa shape index (κ1) is 21.6. The van der Waals surface area contributed by atoms with E-state index in [0.717, 1.165) is 22.4 Å². The number of carbonyl (C=O) groups excluding carboxylic acids is 2. The summed E-state index contributed by atoms with van der Waals surface area (Å²) in [6.07, 6.45) is 0.245. The summed E-state index contributed by atoms with van der Waals surface area (Å²) >= 11 is 0. The fourth-order valence-corrected chi connectivity index (χ4v) is 3.45. The highest BCUT2D eigenvalue weighted by molar-refractivity contribution is 5.89. The van der Waals surface area contributed by atoms with Gasteiger partial charge in [-0.3, -0.25) is 9.59 Å². The number of benzene rings is 2. The lowest BCUT2D eigenvalue weighted by Crippen LogP contribution is -2.51. The fraction of sp³-hybridized carbons (Fsp3) is 0.375. The van der Waals surface area contributed by atoms with Gasteiger partial charge >= 0.3 is 0 Å². The van der Waals surface area contributed by atoms with Crippen molar-refractivity contribution in [3.8, 4) is 0 Å². The normalized spacial score (nSPS) is 13.4. The Morgan fingerprint density at radius 1 is 0.900 bits per heavy atom. The molecule has 0 unspecified atom stereocenters. The van der Waals surface area contributed by atoms with Crippen LogP contribution in [0.25, 0.3) is 11.0 Å². The van der Waals surface area contributed by atoms with Gasteiger partial charge in [0.2, 0.25) is 11.8 Å². The van der Waals surface area contributed by atoms with Crippen LogP contribution in [0.2, 0.25) is 0 Å². The lowest BCUT2D eigenvalue weighted by molar-refractivity contribution is -0.130. The molecule has 3 aromatic rings. The summed E-state index contributed by atoms with van der Waals surface area (Å²) in [5.74, 6) is 0.429. The van der Waals surface area contributed by atoms with Crippen LogP contribution in [0.5, 0.6) is 0 Å². The second-order valence-corrected chi connectivity index (χ2v) is 8.32. The summed E-state index contributed by atoms with van der Waals surface area (Å²) in [5, 5.41) is 6.00. The van der Waals surface area contributed by atoms with Crippen LogP contribution in [0.15, 0.2) is 54.6 Å². The van der Waals surface area contributed by atoms with Crippen LogP contribution in [0, 0.1) is 11.8 Å². The van der Waals surface area contributed by atoms with E-state index < -0.39 is 6.04 Å². The van der Waals surface area contributed by atoms with Gasteiger partial charge in [0.15, 0.2) is 0 Å². The van der Waals surface area contributed by atoms with Crippen LogP contribution >= 0.6 is 0 Å². The third-order valence-corrected chi connectivity index (χ3v) is 5.14. The zero-order chi connectivity index (χ0) is 21.7. The first-order valence-corrected chi connectivity index (χ1v) is 10.4. The van der Waals surface area contributed by atoms with Crippen molar-refractivity contribution in [1.82, 2.24) is 20.6 Å². The Morgan fingerprint density at radius 2 is 1.57 bits per heavy atom. The molecule has 3 rings (SSSR count). The Kier molecular flexibility index (Phi) is 6.87. The number of aromatic amines is 1. The Bertz CT molecular complexity index is 962. The monoisotopic (exact) mass is 406 g/mol. The SMILES string of the molecule is CC(C)[C@@H](NC(=O)Cc1ccccc1)C(=O)N[C@@H](c1nc2ccccc2[nH]1)C(C)C. The molecule has 0 bridgehead atoms. The molecule has 2 amide bonds. The molecule has 0 fully saturated rings. The minimum Gasteiger partial charge on any atom is -0.344 e. The fourth-order valence-electron chi connectivity index (χ4n) is 3.45. The lowest BCUT2D eigenvalue weighted by Gasteiger charge is -2.26. The van der Waals surface area contributed by atoms with Crippen molar-refractivity contribution in [2.45, 2.75) is 46.2 Å². The van der Waals surface area contributed by atoms with Crippen molar-refractivity contribution in [2.24, 2.45) is 11.8 Å². The maximum atomic E-state index is 13.1. The van der Waals surface area contributed by atoms with Crippen LogP contribution in [0.3, 0.4) is 0 Å². The Hall–Kier alpha value is -3.15. The third-order valence-electron chi connectivity index (χ3n) is 5.14. The van der Waals surface area contributed by atoms with Gasteiger partial charge in [0, 0.05) is 0 Å². The number of H-pyrrole nitrogens is 1. The van der Waals surface area contributed by atoms with E-state index in [1.807, 2.05) is 82.3 Å². The van der Waals surface area contributed by atoms with E-state index in [9.17, 15) is 9.59 Å². The largest absolute Gasteiger partial charge is 0.344 e. The Labute approximate surface area is 177 Å². The summed E-state index contributed by atoms with van der Waals surface area (Å²) in [4.78, 5) is 33.6. The standard InChI is InChI=1S/C24H30N4O2/c1-15(2)21(23-25-18-12-8-9-13-19(18)26-23)28-24(30)22(16(3)4)27-20(29)14-17-10-6-5-7-11-17/h5-13,15-16,21-22H,14H2,1-4H3,(H,25,26)(H,27,29)(H,28,30)/t21-,22-/m1/s1. The molecule has 2 atom stereocenters. The number of hydrogen-bond donors (Lipinski definition) is 3. The average Bonchev–Trinajstić information content (AvgIpc) is 3.14. The summed E-state index contributed by atoms with van der Waals surface area (Å²) in [6.45, 7) is 7.93. The smallest absolute Gasteiger partial charge is 0.243 e. The maximum absolute atomic E-state index is 13.1. The molecule has 0 aliphatic carbocycles. The van der Waals surface area contributed by atoms with Gasteiger partial charge in [-0.25, -0.2) is 4.98 Å². The molecule has 2 aromatic carbocycles. The number of nitrogens with zero attached hydrogens (tertiary/aromatic N) is 1. The predicted molar refractivity (Wildman–Crippen MR) is 119 cm³/mol. The van der Waals surface area contributed by atoms with Gasteiger partial charge in [-0.1, -0.05) is 70.2 Å². The van der Waals surface area contributed by atoms with Gasteiger partial charge in [0.05, 0.1) is 23.5 Å². The van der Waals surface area contributed by atoms with Crippen molar-refractivity contribution in [3.63, 3.8) is 0 Å². The highest BCUT2D eigenvalue weighted by Gasteiger charge is 2.29. The number of fused-ring (bicyclic) bond motifs is 1. The number of amides is 2. The van der Waals surface area contributed by atoms with E-state index >= 15 is 0 Å². The van der Waals surface area contributed by atoms with Gasteiger partial charge < -0.3 is 15.6 Å². The summed E-state index contributed by atoms with van der Waals surface area (Å²) in [6, 6.07) is 16.4. The highest BCUT2D eigenvalue weighted by Crippen LogP contribution is 2.22. The lowest BCUT2D eigenvalue weighted by atomic mass is 9.99. The molecular formula is C24H30N4O2. The molecule has 0 saturated carbocycles. The molecule has 0 spiro atoms. The first-order valence-electron chi connectivity index (χ1n) is 10.4. The van der Waals surface area contributed by atoms with Crippen LogP contribution < -0.4 is 10.6 Å².